The Balaban J connectivity index is 1.39. The lowest BCUT2D eigenvalue weighted by atomic mass is 10.1. The average molecular weight is 489 g/mol. The van der Waals surface area contributed by atoms with E-state index in [-0.39, 0.29) is 5.91 Å². The van der Waals surface area contributed by atoms with Gasteiger partial charge in [-0.3, -0.25) is 4.79 Å². The summed E-state index contributed by atoms with van der Waals surface area (Å²) in [5.74, 6) is 0.652. The number of thioether (sulfide) groups is 1. The number of nitrogens with zero attached hydrogens (tertiary/aromatic N) is 5. The Labute approximate surface area is 208 Å². The molecule has 4 aromatic rings. The second-order valence-corrected chi connectivity index (χ2v) is 10.1. The van der Waals surface area contributed by atoms with Gasteiger partial charge in [-0.15, -0.1) is 11.8 Å². The fourth-order valence-electron chi connectivity index (χ4n) is 4.19. The third-order valence-corrected chi connectivity index (χ3v) is 7.44. The number of hydrogen-bond acceptors (Lipinski definition) is 8. The van der Waals surface area contributed by atoms with Crippen molar-refractivity contribution in [2.45, 2.75) is 43.3 Å². The van der Waals surface area contributed by atoms with E-state index in [1.807, 2.05) is 43.0 Å². The molecule has 9 heteroatoms. The lowest BCUT2D eigenvalue weighted by molar-refractivity contribution is 0.0953. The average Bonchev–Trinajstić information content (AvgIpc) is 3.36. The summed E-state index contributed by atoms with van der Waals surface area (Å²) in [6, 6.07) is 16.2. The Kier molecular flexibility index (Phi) is 6.94. The molecule has 0 bridgehead atoms. The molecule has 0 atom stereocenters. The van der Waals surface area contributed by atoms with Crippen LogP contribution >= 0.6 is 11.8 Å². The van der Waals surface area contributed by atoms with Gasteiger partial charge in [-0.25, -0.2) is 14.6 Å². The smallest absolute Gasteiger partial charge is 0.251 e. The molecule has 35 heavy (non-hydrogen) atoms. The van der Waals surface area contributed by atoms with Gasteiger partial charge >= 0.3 is 0 Å². The Hall–Kier alpha value is -3.46. The number of fused-ring (bicyclic) bond motifs is 1. The van der Waals surface area contributed by atoms with Crippen LogP contribution < -0.4 is 10.2 Å². The minimum Gasteiger partial charge on any atom is -0.355 e. The Bertz CT molecular complexity index is 1320. The molecule has 3 heterocycles. The molecular formula is C26H28N6O2S. The standard InChI is InChI=1S/C26H28N6O2S/c1-3-13-27-26(33)19-6-4-5-18(16-19)22-25(29-24-23(28-22)30-34-31-24)32-14-11-21(12-15-32)35-20-9-7-17(2)8-10-20/h4-10,16,21H,3,11-15H2,1-2H3,(H,27,33). The molecule has 0 aliphatic carbocycles. The zero-order chi connectivity index (χ0) is 24.2. The van der Waals surface area contributed by atoms with E-state index in [2.05, 4.69) is 51.7 Å². The highest BCUT2D eigenvalue weighted by atomic mass is 32.2. The molecule has 0 saturated carbocycles. The van der Waals surface area contributed by atoms with E-state index in [0.717, 1.165) is 43.7 Å². The number of carbonyl (C=O) groups is 1. The Morgan fingerprint density at radius 3 is 2.57 bits per heavy atom. The van der Waals surface area contributed by atoms with Gasteiger partial charge in [0, 0.05) is 40.9 Å². The maximum Gasteiger partial charge on any atom is 0.251 e. The SMILES string of the molecule is CCCNC(=O)c1cccc(-c2nc3nonc3nc2N2CCC(Sc3ccc(C)cc3)CC2)c1. The predicted octanol–water partition coefficient (Wildman–Crippen LogP) is 4.89. The van der Waals surface area contributed by atoms with Crippen LogP contribution in [0.3, 0.4) is 0 Å². The minimum atomic E-state index is -0.0960. The number of aromatic nitrogens is 4. The monoisotopic (exact) mass is 488 g/mol. The number of piperidine rings is 1. The van der Waals surface area contributed by atoms with E-state index in [1.165, 1.54) is 10.5 Å². The first-order chi connectivity index (χ1) is 17.1. The Morgan fingerprint density at radius 1 is 1.09 bits per heavy atom. The van der Waals surface area contributed by atoms with Crippen LogP contribution in [0.2, 0.25) is 0 Å². The number of amides is 1. The molecule has 1 fully saturated rings. The summed E-state index contributed by atoms with van der Waals surface area (Å²) in [6.45, 7) is 6.50. The van der Waals surface area contributed by atoms with Crippen LogP contribution in [0.25, 0.3) is 22.6 Å². The molecule has 0 spiro atoms. The van der Waals surface area contributed by atoms with Gasteiger partial charge in [-0.05, 0) is 60.8 Å². The fourth-order valence-corrected chi connectivity index (χ4v) is 5.31. The molecule has 180 valence electrons. The molecule has 1 amide bonds. The first-order valence-corrected chi connectivity index (χ1v) is 12.9. The molecule has 2 aromatic heterocycles. The third kappa shape index (κ3) is 5.30. The molecule has 2 aromatic carbocycles. The van der Waals surface area contributed by atoms with Gasteiger partial charge in [0.2, 0.25) is 11.3 Å². The van der Waals surface area contributed by atoms with Crippen molar-refractivity contribution in [2.24, 2.45) is 0 Å². The van der Waals surface area contributed by atoms with Crippen LogP contribution in [0.4, 0.5) is 5.82 Å². The highest BCUT2D eigenvalue weighted by Gasteiger charge is 2.25. The predicted molar refractivity (Wildman–Crippen MR) is 138 cm³/mol. The molecule has 5 rings (SSSR count). The quantitative estimate of drug-likeness (QED) is 0.393. The van der Waals surface area contributed by atoms with Crippen molar-refractivity contribution >= 4 is 34.8 Å². The van der Waals surface area contributed by atoms with Crippen molar-refractivity contribution in [2.75, 3.05) is 24.5 Å². The van der Waals surface area contributed by atoms with Crippen LogP contribution in [0, 0.1) is 6.92 Å². The zero-order valence-corrected chi connectivity index (χ0v) is 20.7. The van der Waals surface area contributed by atoms with E-state index in [1.54, 1.807) is 0 Å². The minimum absolute atomic E-state index is 0.0960. The maximum absolute atomic E-state index is 12.6. The first-order valence-electron chi connectivity index (χ1n) is 12.0. The van der Waals surface area contributed by atoms with Crippen molar-refractivity contribution in [1.29, 1.82) is 0 Å². The first kappa shape index (κ1) is 23.3. The number of hydrogen-bond donors (Lipinski definition) is 1. The second kappa shape index (κ2) is 10.4. The second-order valence-electron chi connectivity index (χ2n) is 8.76. The highest BCUT2D eigenvalue weighted by Crippen LogP contribution is 2.35. The maximum atomic E-state index is 12.6. The molecule has 1 saturated heterocycles. The fraction of sp³-hybridized carbons (Fsp3) is 0.346. The topological polar surface area (TPSA) is 97.0 Å². The molecule has 0 radical (unpaired) electrons. The molecule has 1 aliphatic heterocycles. The summed E-state index contributed by atoms with van der Waals surface area (Å²) in [7, 11) is 0. The summed E-state index contributed by atoms with van der Waals surface area (Å²) in [5.41, 5.74) is 4.11. The van der Waals surface area contributed by atoms with Crippen LogP contribution in [0.15, 0.2) is 58.1 Å². The van der Waals surface area contributed by atoms with Crippen LogP contribution in [-0.2, 0) is 0 Å². The molecular weight excluding hydrogens is 460 g/mol. The van der Waals surface area contributed by atoms with E-state index in [4.69, 9.17) is 14.6 Å². The van der Waals surface area contributed by atoms with Crippen molar-refractivity contribution in [3.63, 3.8) is 0 Å². The Morgan fingerprint density at radius 2 is 1.83 bits per heavy atom. The largest absolute Gasteiger partial charge is 0.355 e. The van der Waals surface area contributed by atoms with Crippen molar-refractivity contribution in [3.8, 4) is 11.3 Å². The van der Waals surface area contributed by atoms with Crippen LogP contribution in [-0.4, -0.2) is 51.1 Å². The van der Waals surface area contributed by atoms with E-state index in [0.29, 0.717) is 34.3 Å². The number of rotatable bonds is 7. The van der Waals surface area contributed by atoms with Crippen molar-refractivity contribution in [1.82, 2.24) is 25.6 Å². The number of nitrogens with one attached hydrogen (secondary N) is 1. The normalized spacial score (nSPS) is 14.4. The van der Waals surface area contributed by atoms with E-state index >= 15 is 0 Å². The van der Waals surface area contributed by atoms with Gasteiger partial charge in [0.25, 0.3) is 5.91 Å². The van der Waals surface area contributed by atoms with Crippen molar-refractivity contribution < 1.29 is 9.42 Å². The van der Waals surface area contributed by atoms with Gasteiger partial charge in [-0.1, -0.05) is 36.8 Å². The lowest BCUT2D eigenvalue weighted by Gasteiger charge is -2.33. The van der Waals surface area contributed by atoms with Gasteiger partial charge in [0.05, 0.1) is 0 Å². The highest BCUT2D eigenvalue weighted by molar-refractivity contribution is 8.00. The third-order valence-electron chi connectivity index (χ3n) is 6.09. The number of carbonyl (C=O) groups excluding carboxylic acids is 1. The molecule has 0 unspecified atom stereocenters. The summed E-state index contributed by atoms with van der Waals surface area (Å²) in [6.07, 6.45) is 2.96. The van der Waals surface area contributed by atoms with Crippen LogP contribution in [0.5, 0.6) is 0 Å². The van der Waals surface area contributed by atoms with E-state index in [9.17, 15) is 4.79 Å². The summed E-state index contributed by atoms with van der Waals surface area (Å²) < 4.78 is 4.89. The summed E-state index contributed by atoms with van der Waals surface area (Å²) >= 11 is 1.94. The summed E-state index contributed by atoms with van der Waals surface area (Å²) in [4.78, 5) is 25.6. The van der Waals surface area contributed by atoms with Gasteiger partial charge in [-0.2, -0.15) is 0 Å². The van der Waals surface area contributed by atoms with Crippen LogP contribution in [0.1, 0.15) is 42.1 Å². The molecule has 1 aliphatic rings. The van der Waals surface area contributed by atoms with E-state index < -0.39 is 0 Å². The molecule has 8 nitrogen and oxygen atoms in total. The van der Waals surface area contributed by atoms with Gasteiger partial charge in [0.1, 0.15) is 5.69 Å². The molecule has 1 N–H and O–H groups in total. The summed E-state index contributed by atoms with van der Waals surface area (Å²) in [5, 5.41) is 11.3. The van der Waals surface area contributed by atoms with Crippen molar-refractivity contribution in [3.05, 3.63) is 59.7 Å². The number of anilines is 1. The number of benzene rings is 2. The number of aryl methyl sites for hydroxylation is 1. The van der Waals surface area contributed by atoms with Gasteiger partial charge < -0.3 is 10.2 Å². The zero-order valence-electron chi connectivity index (χ0n) is 19.9. The van der Waals surface area contributed by atoms with Gasteiger partial charge in [0.15, 0.2) is 5.82 Å². The lowest BCUT2D eigenvalue weighted by Crippen LogP contribution is -2.35.